The summed E-state index contributed by atoms with van der Waals surface area (Å²) in [4.78, 5) is 12.8. The molecule has 1 rings (SSSR count). The van der Waals surface area contributed by atoms with E-state index in [1.807, 2.05) is 30.5 Å². The topological polar surface area (TPSA) is 46.5 Å². The van der Waals surface area contributed by atoms with Gasteiger partial charge in [-0.1, -0.05) is 18.2 Å². The highest BCUT2D eigenvalue weighted by Gasteiger charge is 2.20. The molecule has 98 valence electrons. The van der Waals surface area contributed by atoms with Crippen LogP contribution in [0.2, 0.25) is 0 Å². The van der Waals surface area contributed by atoms with Gasteiger partial charge in [-0.25, -0.2) is 4.79 Å². The summed E-state index contributed by atoms with van der Waals surface area (Å²) in [5, 5.41) is 10.2. The Hall–Kier alpha value is -1.26. The predicted octanol–water partition coefficient (Wildman–Crippen LogP) is 2.95. The first kappa shape index (κ1) is 14.8. The molecule has 1 aromatic rings. The number of carbonyl (C=O) groups excluding carboxylic acids is 1. The van der Waals surface area contributed by atoms with Gasteiger partial charge in [0.05, 0.1) is 12.2 Å². The van der Waals surface area contributed by atoms with Gasteiger partial charge >= 0.3 is 5.97 Å². The summed E-state index contributed by atoms with van der Waals surface area (Å²) in [5.74, 6) is -0.471. The number of benzene rings is 1. The fourth-order valence-electron chi connectivity index (χ4n) is 1.57. The molecular formula is C14H18O3S. The number of aliphatic hydroxyl groups is 1. The quantitative estimate of drug-likeness (QED) is 0.505. The second-order valence-electron chi connectivity index (χ2n) is 3.64. The zero-order valence-corrected chi connectivity index (χ0v) is 11.7. The molecule has 1 N–H and O–H groups in total. The largest absolute Gasteiger partial charge is 0.463 e. The van der Waals surface area contributed by atoms with Crippen molar-refractivity contribution < 1.29 is 14.6 Å². The van der Waals surface area contributed by atoms with Crippen LogP contribution >= 0.6 is 11.8 Å². The lowest BCUT2D eigenvalue weighted by Gasteiger charge is -2.14. The van der Waals surface area contributed by atoms with Crippen LogP contribution in [0.5, 0.6) is 0 Å². The molecule has 0 radical (unpaired) electrons. The van der Waals surface area contributed by atoms with Crippen LogP contribution in [-0.4, -0.2) is 23.9 Å². The summed E-state index contributed by atoms with van der Waals surface area (Å²) in [6, 6.07) is 7.47. The third-order valence-electron chi connectivity index (χ3n) is 2.55. The van der Waals surface area contributed by atoms with E-state index in [4.69, 9.17) is 4.74 Å². The van der Waals surface area contributed by atoms with Crippen molar-refractivity contribution >= 4 is 17.7 Å². The van der Waals surface area contributed by atoms with Crippen molar-refractivity contribution in [3.8, 4) is 0 Å². The Morgan fingerprint density at radius 2 is 2.06 bits per heavy atom. The molecule has 0 heterocycles. The first-order valence-electron chi connectivity index (χ1n) is 5.79. The van der Waals surface area contributed by atoms with E-state index in [9.17, 15) is 9.90 Å². The van der Waals surface area contributed by atoms with Gasteiger partial charge in [0, 0.05) is 4.90 Å². The second kappa shape index (κ2) is 7.24. The van der Waals surface area contributed by atoms with Gasteiger partial charge in [0.2, 0.25) is 0 Å². The molecule has 0 saturated carbocycles. The van der Waals surface area contributed by atoms with Gasteiger partial charge in [-0.05, 0) is 37.8 Å². The Morgan fingerprint density at radius 1 is 1.44 bits per heavy atom. The molecule has 0 bridgehead atoms. The molecule has 1 aromatic carbocycles. The number of rotatable bonds is 5. The molecule has 0 spiro atoms. The number of hydrogen-bond acceptors (Lipinski definition) is 4. The van der Waals surface area contributed by atoms with Crippen LogP contribution in [-0.2, 0) is 9.53 Å². The molecule has 0 aliphatic rings. The third-order valence-corrected chi connectivity index (χ3v) is 3.29. The Bertz CT molecular complexity index is 423. The zero-order valence-electron chi connectivity index (χ0n) is 10.8. The van der Waals surface area contributed by atoms with Gasteiger partial charge in [-0.2, -0.15) is 0 Å². The van der Waals surface area contributed by atoms with E-state index in [2.05, 4.69) is 0 Å². The molecule has 0 saturated heterocycles. The van der Waals surface area contributed by atoms with Crippen LogP contribution in [0.1, 0.15) is 25.5 Å². The predicted molar refractivity (Wildman–Crippen MR) is 73.6 cm³/mol. The molecular weight excluding hydrogens is 248 g/mol. The molecule has 18 heavy (non-hydrogen) atoms. The summed E-state index contributed by atoms with van der Waals surface area (Å²) in [7, 11) is 0. The fraction of sp³-hybridized carbons (Fsp3) is 0.357. The summed E-state index contributed by atoms with van der Waals surface area (Å²) in [6.07, 6.45) is 2.64. The standard InChI is InChI=1S/C14H18O3S/c1-4-12(14(16)17-5-2)13(15)10-6-8-11(18-3)9-7-10/h4,6-9,13,15H,5H2,1-3H3/b12-4+. The lowest BCUT2D eigenvalue weighted by molar-refractivity contribution is -0.139. The van der Waals surface area contributed by atoms with Crippen LogP contribution < -0.4 is 0 Å². The molecule has 0 aliphatic heterocycles. The lowest BCUT2D eigenvalue weighted by Crippen LogP contribution is -2.14. The summed E-state index contributed by atoms with van der Waals surface area (Å²) in [6.45, 7) is 3.75. The van der Waals surface area contributed by atoms with Crippen LogP contribution in [0, 0.1) is 0 Å². The number of ether oxygens (including phenoxy) is 1. The van der Waals surface area contributed by atoms with Gasteiger partial charge in [-0.3, -0.25) is 0 Å². The number of esters is 1. The molecule has 1 unspecified atom stereocenters. The van der Waals surface area contributed by atoms with Crippen LogP contribution in [0.4, 0.5) is 0 Å². The van der Waals surface area contributed by atoms with Crippen molar-refractivity contribution in [3.05, 3.63) is 41.5 Å². The van der Waals surface area contributed by atoms with E-state index in [0.29, 0.717) is 12.2 Å². The number of carbonyl (C=O) groups is 1. The van der Waals surface area contributed by atoms with Crippen molar-refractivity contribution in [2.45, 2.75) is 24.8 Å². The molecule has 0 amide bonds. The highest BCUT2D eigenvalue weighted by atomic mass is 32.2. The Labute approximate surface area is 112 Å². The van der Waals surface area contributed by atoms with E-state index in [1.165, 1.54) is 0 Å². The molecule has 4 heteroatoms. The van der Waals surface area contributed by atoms with Gasteiger partial charge in [0.25, 0.3) is 0 Å². The van der Waals surface area contributed by atoms with Crippen LogP contribution in [0.3, 0.4) is 0 Å². The Kier molecular flexibility index (Phi) is 5.95. The average Bonchev–Trinajstić information content (AvgIpc) is 2.40. The number of aliphatic hydroxyl groups excluding tert-OH is 1. The van der Waals surface area contributed by atoms with Gasteiger partial charge < -0.3 is 9.84 Å². The number of allylic oxidation sites excluding steroid dienone is 1. The van der Waals surface area contributed by atoms with Gasteiger partial charge in [0.15, 0.2) is 0 Å². The van der Waals surface area contributed by atoms with E-state index in [-0.39, 0.29) is 5.57 Å². The maximum atomic E-state index is 11.7. The molecule has 1 atom stereocenters. The summed E-state index contributed by atoms with van der Waals surface area (Å²) in [5.41, 5.74) is 0.961. The average molecular weight is 266 g/mol. The monoisotopic (exact) mass is 266 g/mol. The molecule has 0 aromatic heterocycles. The minimum atomic E-state index is -0.940. The minimum Gasteiger partial charge on any atom is -0.463 e. The lowest BCUT2D eigenvalue weighted by atomic mass is 10.0. The maximum absolute atomic E-state index is 11.7. The van der Waals surface area contributed by atoms with Crippen LogP contribution in [0.25, 0.3) is 0 Å². The van der Waals surface area contributed by atoms with E-state index < -0.39 is 12.1 Å². The van der Waals surface area contributed by atoms with Crippen LogP contribution in [0.15, 0.2) is 40.8 Å². The number of thioether (sulfide) groups is 1. The normalized spacial score (nSPS) is 13.2. The highest BCUT2D eigenvalue weighted by Crippen LogP contribution is 2.24. The summed E-state index contributed by atoms with van der Waals surface area (Å²) < 4.78 is 4.91. The minimum absolute atomic E-state index is 0.272. The summed E-state index contributed by atoms with van der Waals surface area (Å²) >= 11 is 1.63. The van der Waals surface area contributed by atoms with Crippen molar-refractivity contribution in [2.75, 3.05) is 12.9 Å². The van der Waals surface area contributed by atoms with Crippen molar-refractivity contribution in [1.82, 2.24) is 0 Å². The SMILES string of the molecule is C/C=C(/C(=O)OCC)C(O)c1ccc(SC)cc1. The van der Waals surface area contributed by atoms with Crippen molar-refractivity contribution in [1.29, 1.82) is 0 Å². The van der Waals surface area contributed by atoms with Gasteiger partial charge in [0.1, 0.15) is 6.10 Å². The molecule has 0 aliphatic carbocycles. The Balaban J connectivity index is 2.89. The van der Waals surface area contributed by atoms with Crippen molar-refractivity contribution in [2.24, 2.45) is 0 Å². The molecule has 3 nitrogen and oxygen atoms in total. The Morgan fingerprint density at radius 3 is 2.50 bits per heavy atom. The van der Waals surface area contributed by atoms with Crippen molar-refractivity contribution in [3.63, 3.8) is 0 Å². The highest BCUT2D eigenvalue weighted by molar-refractivity contribution is 7.98. The zero-order chi connectivity index (χ0) is 13.5. The maximum Gasteiger partial charge on any atom is 0.336 e. The van der Waals surface area contributed by atoms with E-state index >= 15 is 0 Å². The van der Waals surface area contributed by atoms with Gasteiger partial charge in [-0.15, -0.1) is 11.8 Å². The third kappa shape index (κ3) is 3.62. The smallest absolute Gasteiger partial charge is 0.336 e. The first-order valence-corrected chi connectivity index (χ1v) is 7.01. The first-order chi connectivity index (χ1) is 8.63. The van der Waals surface area contributed by atoms with E-state index in [0.717, 1.165) is 4.90 Å². The fourth-order valence-corrected chi connectivity index (χ4v) is 1.98. The second-order valence-corrected chi connectivity index (χ2v) is 4.52. The van der Waals surface area contributed by atoms with E-state index in [1.54, 1.807) is 31.7 Å². The molecule has 0 fully saturated rings. The number of hydrogen-bond donors (Lipinski definition) is 1.